The van der Waals surface area contributed by atoms with Crippen LogP contribution < -0.4 is 15.4 Å². The molecule has 2 aromatic rings. The number of hydrogen-bond donors (Lipinski definition) is 2. The number of halogens is 2. The summed E-state index contributed by atoms with van der Waals surface area (Å²) in [6.45, 7) is 1.34. The second-order valence-electron chi connectivity index (χ2n) is 4.76. The number of guanidine groups is 1. The maximum absolute atomic E-state index is 5.98. The molecule has 4 nitrogen and oxygen atoms in total. The second kappa shape index (κ2) is 10.3. The smallest absolute Gasteiger partial charge is 0.191 e. The Morgan fingerprint density at radius 3 is 2.22 bits per heavy atom. The van der Waals surface area contributed by atoms with Crippen LogP contribution >= 0.6 is 35.6 Å². The summed E-state index contributed by atoms with van der Waals surface area (Å²) >= 11 is 5.98. The number of nitrogens with zero attached hydrogens (tertiary/aromatic N) is 1. The molecule has 0 saturated carbocycles. The standard InChI is InChI=1S/C17H20ClN3O.HI/c1-19-17(20-11-13-5-3-7-15(18)9-13)21-12-14-6-4-8-16(10-14)22-2;/h3-10H,11-12H2,1-2H3,(H2,19,20,21);1H. The Balaban J connectivity index is 0.00000264. The van der Waals surface area contributed by atoms with E-state index in [0.717, 1.165) is 27.9 Å². The molecule has 0 saturated heterocycles. The molecule has 0 aliphatic carbocycles. The van der Waals surface area contributed by atoms with Crippen molar-refractivity contribution in [2.45, 2.75) is 13.1 Å². The lowest BCUT2D eigenvalue weighted by Gasteiger charge is -2.12. The number of nitrogens with one attached hydrogen (secondary N) is 2. The Hall–Kier alpha value is -1.47. The maximum Gasteiger partial charge on any atom is 0.191 e. The van der Waals surface area contributed by atoms with Gasteiger partial charge in [0, 0.05) is 25.2 Å². The lowest BCUT2D eigenvalue weighted by Crippen LogP contribution is -2.36. The summed E-state index contributed by atoms with van der Waals surface area (Å²) in [5.41, 5.74) is 2.24. The lowest BCUT2D eigenvalue weighted by molar-refractivity contribution is 0.414. The normalized spacial score (nSPS) is 10.7. The summed E-state index contributed by atoms with van der Waals surface area (Å²) in [7, 11) is 3.41. The average molecular weight is 446 g/mol. The highest BCUT2D eigenvalue weighted by Crippen LogP contribution is 2.12. The van der Waals surface area contributed by atoms with Crippen LogP contribution in [0.5, 0.6) is 5.75 Å². The van der Waals surface area contributed by atoms with E-state index in [0.29, 0.717) is 13.1 Å². The van der Waals surface area contributed by atoms with Crippen molar-refractivity contribution in [3.63, 3.8) is 0 Å². The van der Waals surface area contributed by atoms with E-state index in [1.165, 1.54) is 0 Å². The first kappa shape index (κ1) is 19.6. The molecule has 0 unspecified atom stereocenters. The summed E-state index contributed by atoms with van der Waals surface area (Å²) in [4.78, 5) is 4.21. The average Bonchev–Trinajstić information content (AvgIpc) is 2.55. The van der Waals surface area contributed by atoms with Crippen LogP contribution in [0.4, 0.5) is 0 Å². The van der Waals surface area contributed by atoms with Crippen molar-refractivity contribution in [3.8, 4) is 5.75 Å². The molecule has 0 aromatic heterocycles. The monoisotopic (exact) mass is 445 g/mol. The van der Waals surface area contributed by atoms with Crippen molar-refractivity contribution in [2.75, 3.05) is 14.2 Å². The van der Waals surface area contributed by atoms with Gasteiger partial charge in [0.1, 0.15) is 5.75 Å². The molecule has 2 N–H and O–H groups in total. The highest BCUT2D eigenvalue weighted by Gasteiger charge is 2.00. The SMILES string of the molecule is CN=C(NCc1cccc(Cl)c1)NCc1cccc(OC)c1.I. The zero-order chi connectivity index (χ0) is 15.8. The van der Waals surface area contributed by atoms with Crippen molar-refractivity contribution in [1.82, 2.24) is 10.6 Å². The third kappa shape index (κ3) is 6.66. The number of aliphatic imine (C=N–C) groups is 1. The Labute approximate surface area is 159 Å². The fourth-order valence-electron chi connectivity index (χ4n) is 2.02. The molecule has 0 bridgehead atoms. The largest absolute Gasteiger partial charge is 0.497 e. The fraction of sp³-hybridized carbons (Fsp3) is 0.235. The van der Waals surface area contributed by atoms with Crippen molar-refractivity contribution in [1.29, 1.82) is 0 Å². The molecule has 6 heteroatoms. The number of methoxy groups -OCH3 is 1. The third-order valence-electron chi connectivity index (χ3n) is 3.17. The molecule has 0 aliphatic heterocycles. The van der Waals surface area contributed by atoms with Gasteiger partial charge in [-0.3, -0.25) is 4.99 Å². The van der Waals surface area contributed by atoms with Crippen molar-refractivity contribution < 1.29 is 4.74 Å². The van der Waals surface area contributed by atoms with E-state index < -0.39 is 0 Å². The van der Waals surface area contributed by atoms with Crippen LogP contribution in [0, 0.1) is 0 Å². The van der Waals surface area contributed by atoms with Crippen LogP contribution in [0.25, 0.3) is 0 Å². The van der Waals surface area contributed by atoms with Crippen molar-refractivity contribution in [2.24, 2.45) is 4.99 Å². The first-order valence-electron chi connectivity index (χ1n) is 7.03. The van der Waals surface area contributed by atoms with Gasteiger partial charge in [-0.05, 0) is 35.4 Å². The van der Waals surface area contributed by atoms with Crippen molar-refractivity contribution >= 4 is 41.5 Å². The zero-order valence-electron chi connectivity index (χ0n) is 13.2. The van der Waals surface area contributed by atoms with Crippen LogP contribution in [0.15, 0.2) is 53.5 Å². The van der Waals surface area contributed by atoms with E-state index in [-0.39, 0.29) is 24.0 Å². The van der Waals surface area contributed by atoms with Gasteiger partial charge >= 0.3 is 0 Å². The Morgan fingerprint density at radius 1 is 1.04 bits per heavy atom. The van der Waals surface area contributed by atoms with E-state index in [1.807, 2.05) is 48.5 Å². The third-order valence-corrected chi connectivity index (χ3v) is 3.40. The van der Waals surface area contributed by atoms with E-state index in [4.69, 9.17) is 16.3 Å². The molecule has 0 atom stereocenters. The van der Waals surface area contributed by atoms with Crippen LogP contribution in [0.2, 0.25) is 5.02 Å². The summed E-state index contributed by atoms with van der Waals surface area (Å²) in [5, 5.41) is 7.27. The minimum Gasteiger partial charge on any atom is -0.497 e. The van der Waals surface area contributed by atoms with Gasteiger partial charge in [-0.15, -0.1) is 24.0 Å². The molecule has 0 spiro atoms. The second-order valence-corrected chi connectivity index (χ2v) is 5.20. The molecular formula is C17H21ClIN3O. The van der Waals surface area contributed by atoms with E-state index in [9.17, 15) is 0 Å². The number of hydrogen-bond acceptors (Lipinski definition) is 2. The Kier molecular flexibility index (Phi) is 8.79. The predicted octanol–water partition coefficient (Wildman–Crippen LogP) is 3.83. The summed E-state index contributed by atoms with van der Waals surface area (Å²) in [6.07, 6.45) is 0. The van der Waals surface area contributed by atoms with Gasteiger partial charge in [0.2, 0.25) is 0 Å². The molecule has 2 aromatic carbocycles. The van der Waals surface area contributed by atoms with Gasteiger partial charge in [-0.1, -0.05) is 35.9 Å². The summed E-state index contributed by atoms with van der Waals surface area (Å²) in [6, 6.07) is 15.7. The number of rotatable bonds is 5. The molecule has 0 aliphatic rings. The summed E-state index contributed by atoms with van der Waals surface area (Å²) < 4.78 is 5.22. The number of benzene rings is 2. The van der Waals surface area contributed by atoms with Gasteiger partial charge in [0.15, 0.2) is 5.96 Å². The number of ether oxygens (including phenoxy) is 1. The fourth-order valence-corrected chi connectivity index (χ4v) is 2.23. The lowest BCUT2D eigenvalue weighted by atomic mass is 10.2. The Morgan fingerprint density at radius 2 is 1.65 bits per heavy atom. The predicted molar refractivity (Wildman–Crippen MR) is 107 cm³/mol. The first-order chi connectivity index (χ1) is 10.7. The molecular weight excluding hydrogens is 425 g/mol. The summed E-state index contributed by atoms with van der Waals surface area (Å²) in [5.74, 6) is 1.59. The van der Waals surface area contributed by atoms with E-state index >= 15 is 0 Å². The molecule has 124 valence electrons. The molecule has 0 radical (unpaired) electrons. The Bertz CT molecular complexity index is 649. The molecule has 0 amide bonds. The molecule has 0 fully saturated rings. The van der Waals surface area contributed by atoms with Crippen LogP contribution in [-0.4, -0.2) is 20.1 Å². The van der Waals surface area contributed by atoms with E-state index in [1.54, 1.807) is 14.2 Å². The van der Waals surface area contributed by atoms with Gasteiger partial charge in [0.05, 0.1) is 7.11 Å². The van der Waals surface area contributed by atoms with Gasteiger partial charge in [0.25, 0.3) is 0 Å². The molecule has 23 heavy (non-hydrogen) atoms. The minimum atomic E-state index is 0. The topological polar surface area (TPSA) is 45.7 Å². The minimum absolute atomic E-state index is 0. The first-order valence-corrected chi connectivity index (χ1v) is 7.41. The highest BCUT2D eigenvalue weighted by molar-refractivity contribution is 14.0. The van der Waals surface area contributed by atoms with E-state index in [2.05, 4.69) is 15.6 Å². The maximum atomic E-state index is 5.98. The highest BCUT2D eigenvalue weighted by atomic mass is 127. The van der Waals surface area contributed by atoms with Gasteiger partial charge in [-0.2, -0.15) is 0 Å². The molecule has 0 heterocycles. The van der Waals surface area contributed by atoms with Crippen LogP contribution in [0.1, 0.15) is 11.1 Å². The quantitative estimate of drug-likeness (QED) is 0.418. The molecule has 2 rings (SSSR count). The van der Waals surface area contributed by atoms with Crippen LogP contribution in [-0.2, 0) is 13.1 Å². The van der Waals surface area contributed by atoms with Crippen LogP contribution in [0.3, 0.4) is 0 Å². The van der Waals surface area contributed by atoms with Gasteiger partial charge in [-0.25, -0.2) is 0 Å². The van der Waals surface area contributed by atoms with Crippen molar-refractivity contribution in [3.05, 3.63) is 64.7 Å². The zero-order valence-corrected chi connectivity index (χ0v) is 16.3. The van der Waals surface area contributed by atoms with Gasteiger partial charge < -0.3 is 15.4 Å².